The summed E-state index contributed by atoms with van der Waals surface area (Å²) in [7, 11) is 0. The van der Waals surface area contributed by atoms with Gasteiger partial charge in [-0.25, -0.2) is 4.79 Å². The molecular weight excluding hydrogens is 322 g/mol. The first-order valence-corrected chi connectivity index (χ1v) is 8.47. The average Bonchev–Trinajstić information content (AvgIpc) is 2.55. The van der Waals surface area contributed by atoms with Crippen molar-refractivity contribution >= 4 is 16.9 Å². The molecule has 1 aromatic heterocycles. The molecule has 2 rings (SSSR count). The second kappa shape index (κ2) is 9.22. The first-order chi connectivity index (χ1) is 12.0. The number of hydrogen-bond donors (Lipinski definition) is 1. The number of aryl methyl sites for hydroxylation is 1. The highest BCUT2D eigenvalue weighted by Gasteiger charge is 2.06. The van der Waals surface area contributed by atoms with Crippen LogP contribution in [0.4, 0.5) is 0 Å². The van der Waals surface area contributed by atoms with Crippen molar-refractivity contribution in [3.8, 4) is 5.75 Å². The molecule has 6 heteroatoms. The fourth-order valence-corrected chi connectivity index (χ4v) is 2.28. The van der Waals surface area contributed by atoms with E-state index in [1.807, 2.05) is 13.0 Å². The molecule has 1 amide bonds. The Morgan fingerprint density at radius 3 is 2.80 bits per heavy atom. The van der Waals surface area contributed by atoms with E-state index in [9.17, 15) is 9.59 Å². The van der Waals surface area contributed by atoms with Crippen LogP contribution in [0.5, 0.6) is 5.75 Å². The van der Waals surface area contributed by atoms with Crippen LogP contribution in [-0.2, 0) is 9.53 Å². The summed E-state index contributed by atoms with van der Waals surface area (Å²) in [6.07, 6.45) is 1.01. The highest BCUT2D eigenvalue weighted by atomic mass is 16.5. The van der Waals surface area contributed by atoms with Gasteiger partial charge in [-0.1, -0.05) is 13.8 Å². The number of nitrogens with one attached hydrogen (secondary N) is 1. The fourth-order valence-electron chi connectivity index (χ4n) is 2.28. The van der Waals surface area contributed by atoms with Gasteiger partial charge in [0.25, 0.3) is 5.91 Å². The maximum Gasteiger partial charge on any atom is 0.336 e. The lowest BCUT2D eigenvalue weighted by atomic mass is 10.1. The summed E-state index contributed by atoms with van der Waals surface area (Å²) < 4.78 is 16.0. The SMILES string of the molecule is Cc1cc(=O)oc2cc(OCC(=O)NCCOCCC(C)C)ccc12. The minimum atomic E-state index is -0.405. The molecule has 1 heterocycles. The van der Waals surface area contributed by atoms with Gasteiger partial charge in [0.15, 0.2) is 6.61 Å². The van der Waals surface area contributed by atoms with Crippen LogP contribution in [0.3, 0.4) is 0 Å². The van der Waals surface area contributed by atoms with Crippen molar-refractivity contribution in [2.45, 2.75) is 27.2 Å². The van der Waals surface area contributed by atoms with E-state index in [1.54, 1.807) is 12.1 Å². The summed E-state index contributed by atoms with van der Waals surface area (Å²) in [5, 5.41) is 3.58. The summed E-state index contributed by atoms with van der Waals surface area (Å²) in [5.74, 6) is 0.862. The lowest BCUT2D eigenvalue weighted by molar-refractivity contribution is -0.123. The van der Waals surface area contributed by atoms with Crippen molar-refractivity contribution in [1.82, 2.24) is 5.32 Å². The Morgan fingerprint density at radius 2 is 2.04 bits per heavy atom. The molecule has 0 fully saturated rings. The van der Waals surface area contributed by atoms with E-state index in [1.165, 1.54) is 6.07 Å². The summed E-state index contributed by atoms with van der Waals surface area (Å²) in [6.45, 7) is 7.66. The zero-order chi connectivity index (χ0) is 18.2. The van der Waals surface area contributed by atoms with E-state index < -0.39 is 5.63 Å². The molecule has 0 aliphatic rings. The van der Waals surface area contributed by atoms with Crippen LogP contribution < -0.4 is 15.7 Å². The standard InChI is InChI=1S/C19H25NO5/c1-13(2)6-8-23-9-7-20-18(21)12-24-15-4-5-16-14(3)10-19(22)25-17(16)11-15/h4-5,10-11,13H,6-9,12H2,1-3H3,(H,20,21). The van der Waals surface area contributed by atoms with Crippen molar-refractivity contribution in [3.05, 3.63) is 40.2 Å². The monoisotopic (exact) mass is 347 g/mol. The molecule has 2 aromatic rings. The van der Waals surface area contributed by atoms with Gasteiger partial charge in [0.2, 0.25) is 0 Å². The molecule has 6 nitrogen and oxygen atoms in total. The summed E-state index contributed by atoms with van der Waals surface area (Å²) in [5.41, 5.74) is 0.881. The van der Waals surface area contributed by atoms with E-state index in [4.69, 9.17) is 13.9 Å². The first kappa shape index (κ1) is 19.0. The van der Waals surface area contributed by atoms with E-state index >= 15 is 0 Å². The lowest BCUT2D eigenvalue weighted by Gasteiger charge is -2.09. The van der Waals surface area contributed by atoms with E-state index in [0.29, 0.717) is 37.0 Å². The van der Waals surface area contributed by atoms with Crippen LogP contribution in [0.25, 0.3) is 11.0 Å². The van der Waals surface area contributed by atoms with Gasteiger partial charge in [0, 0.05) is 30.7 Å². The summed E-state index contributed by atoms with van der Waals surface area (Å²) in [4.78, 5) is 23.2. The number of carbonyl (C=O) groups is 1. The number of hydrogen-bond acceptors (Lipinski definition) is 5. The predicted molar refractivity (Wildman–Crippen MR) is 96.0 cm³/mol. The molecule has 25 heavy (non-hydrogen) atoms. The fraction of sp³-hybridized carbons (Fsp3) is 0.474. The highest BCUT2D eigenvalue weighted by Crippen LogP contribution is 2.22. The molecule has 0 saturated heterocycles. The van der Waals surface area contributed by atoms with Gasteiger partial charge < -0.3 is 19.2 Å². The second-order valence-corrected chi connectivity index (χ2v) is 6.34. The third-order valence-corrected chi connectivity index (χ3v) is 3.70. The number of fused-ring (bicyclic) bond motifs is 1. The summed E-state index contributed by atoms with van der Waals surface area (Å²) >= 11 is 0. The van der Waals surface area contributed by atoms with Crippen LogP contribution >= 0.6 is 0 Å². The minimum absolute atomic E-state index is 0.104. The third kappa shape index (κ3) is 6.23. The van der Waals surface area contributed by atoms with Crippen molar-refractivity contribution in [1.29, 1.82) is 0 Å². The zero-order valence-electron chi connectivity index (χ0n) is 15.0. The smallest absolute Gasteiger partial charge is 0.336 e. The molecule has 1 aromatic carbocycles. The Labute approximate surface area is 147 Å². The molecule has 0 aliphatic heterocycles. The first-order valence-electron chi connectivity index (χ1n) is 8.47. The normalized spacial score (nSPS) is 11.0. The van der Waals surface area contributed by atoms with Gasteiger partial charge in [0.05, 0.1) is 6.61 Å². The molecule has 1 N–H and O–H groups in total. The van der Waals surface area contributed by atoms with E-state index in [0.717, 1.165) is 17.4 Å². The van der Waals surface area contributed by atoms with Gasteiger partial charge in [-0.2, -0.15) is 0 Å². The maximum absolute atomic E-state index is 11.8. The van der Waals surface area contributed by atoms with Gasteiger partial charge in [0.1, 0.15) is 11.3 Å². The molecular formula is C19H25NO5. The number of carbonyl (C=O) groups excluding carboxylic acids is 1. The molecule has 0 spiro atoms. The Kier molecular flexibility index (Phi) is 7.01. The Morgan fingerprint density at radius 1 is 1.24 bits per heavy atom. The average molecular weight is 347 g/mol. The number of benzene rings is 1. The number of amides is 1. The van der Waals surface area contributed by atoms with Gasteiger partial charge >= 0.3 is 5.63 Å². The Balaban J connectivity index is 1.76. The predicted octanol–water partition coefficient (Wildman–Crippen LogP) is 2.66. The highest BCUT2D eigenvalue weighted by molar-refractivity contribution is 5.81. The van der Waals surface area contributed by atoms with Crippen molar-refractivity contribution in [3.63, 3.8) is 0 Å². The van der Waals surface area contributed by atoms with Gasteiger partial charge in [-0.05, 0) is 37.0 Å². The lowest BCUT2D eigenvalue weighted by Crippen LogP contribution is -2.31. The van der Waals surface area contributed by atoms with Crippen LogP contribution in [0, 0.1) is 12.8 Å². The number of ether oxygens (including phenoxy) is 2. The van der Waals surface area contributed by atoms with Crippen LogP contribution in [-0.4, -0.2) is 32.3 Å². The van der Waals surface area contributed by atoms with Crippen molar-refractivity contribution in [2.24, 2.45) is 5.92 Å². The Bertz CT molecular complexity index is 766. The van der Waals surface area contributed by atoms with Crippen molar-refractivity contribution < 1.29 is 18.7 Å². The largest absolute Gasteiger partial charge is 0.484 e. The molecule has 0 bridgehead atoms. The van der Waals surface area contributed by atoms with E-state index in [-0.39, 0.29) is 12.5 Å². The number of rotatable bonds is 9. The quantitative estimate of drug-likeness (QED) is 0.557. The van der Waals surface area contributed by atoms with Crippen LogP contribution in [0.2, 0.25) is 0 Å². The molecule has 0 aliphatic carbocycles. The Hall–Kier alpha value is -2.34. The molecule has 0 atom stereocenters. The van der Waals surface area contributed by atoms with Gasteiger partial charge in [-0.3, -0.25) is 4.79 Å². The maximum atomic E-state index is 11.8. The molecule has 0 saturated carbocycles. The minimum Gasteiger partial charge on any atom is -0.484 e. The zero-order valence-corrected chi connectivity index (χ0v) is 15.0. The topological polar surface area (TPSA) is 77.8 Å². The van der Waals surface area contributed by atoms with Crippen LogP contribution in [0.15, 0.2) is 33.5 Å². The van der Waals surface area contributed by atoms with Gasteiger partial charge in [-0.15, -0.1) is 0 Å². The van der Waals surface area contributed by atoms with E-state index in [2.05, 4.69) is 19.2 Å². The third-order valence-electron chi connectivity index (χ3n) is 3.70. The molecule has 136 valence electrons. The second-order valence-electron chi connectivity index (χ2n) is 6.34. The van der Waals surface area contributed by atoms with Crippen LogP contribution in [0.1, 0.15) is 25.8 Å². The summed E-state index contributed by atoms with van der Waals surface area (Å²) in [6, 6.07) is 6.62. The van der Waals surface area contributed by atoms with Crippen molar-refractivity contribution in [2.75, 3.05) is 26.4 Å². The molecule has 0 unspecified atom stereocenters. The molecule has 0 radical (unpaired) electrons.